The van der Waals surface area contributed by atoms with Crippen molar-refractivity contribution >= 4 is 5.91 Å². The fraction of sp³-hybridized carbons (Fsp3) is 0.818. The largest absolute Gasteiger partial charge is 0.379 e. The maximum atomic E-state index is 10.7. The zero-order valence-electron chi connectivity index (χ0n) is 9.83. The second-order valence-corrected chi connectivity index (χ2v) is 3.39. The molecule has 0 aromatic rings. The molecule has 0 unspecified atom stereocenters. The lowest BCUT2D eigenvalue weighted by molar-refractivity contribution is -0.125. The maximum absolute atomic E-state index is 10.7. The fourth-order valence-electron chi connectivity index (χ4n) is 0.895. The van der Waals surface area contributed by atoms with Gasteiger partial charge >= 0.3 is 0 Å². The summed E-state index contributed by atoms with van der Waals surface area (Å²) in [5.41, 5.74) is 0. The Kier molecular flexibility index (Phi) is 9.52. The average molecular weight is 216 g/mol. The summed E-state index contributed by atoms with van der Waals surface area (Å²) in [6.45, 7) is 8.56. The summed E-state index contributed by atoms with van der Waals surface area (Å²) in [6.07, 6.45) is 2.25. The van der Waals surface area contributed by atoms with Crippen molar-refractivity contribution in [2.45, 2.75) is 19.8 Å². The van der Waals surface area contributed by atoms with Crippen molar-refractivity contribution in [2.75, 3.05) is 40.0 Å². The van der Waals surface area contributed by atoms with E-state index in [4.69, 9.17) is 9.47 Å². The van der Waals surface area contributed by atoms with Crippen LogP contribution in [0.2, 0.25) is 0 Å². The molecule has 0 saturated heterocycles. The van der Waals surface area contributed by atoms with E-state index in [1.54, 1.807) is 7.05 Å². The number of carbonyl (C=O) groups is 1. The van der Waals surface area contributed by atoms with Crippen LogP contribution in [0.1, 0.15) is 19.8 Å². The van der Waals surface area contributed by atoms with E-state index >= 15 is 0 Å². The van der Waals surface area contributed by atoms with Crippen LogP contribution in [0.15, 0.2) is 0 Å². The van der Waals surface area contributed by atoms with Gasteiger partial charge < -0.3 is 14.4 Å². The predicted octanol–water partition coefficient (Wildman–Crippen LogP) is 1.11. The van der Waals surface area contributed by atoms with E-state index in [-0.39, 0.29) is 5.91 Å². The molecule has 0 aromatic carbocycles. The zero-order valence-corrected chi connectivity index (χ0v) is 9.83. The zero-order chi connectivity index (χ0) is 11.5. The van der Waals surface area contributed by atoms with Crippen LogP contribution < -0.4 is 0 Å². The van der Waals surface area contributed by atoms with Gasteiger partial charge in [0.25, 0.3) is 0 Å². The van der Waals surface area contributed by atoms with Gasteiger partial charge in [-0.1, -0.05) is 13.3 Å². The molecular formula is C11H22NO3. The van der Waals surface area contributed by atoms with E-state index in [1.807, 2.05) is 0 Å². The van der Waals surface area contributed by atoms with E-state index in [0.717, 1.165) is 19.4 Å². The Bertz CT molecular complexity index is 162. The van der Waals surface area contributed by atoms with Crippen molar-refractivity contribution < 1.29 is 14.3 Å². The highest BCUT2D eigenvalue weighted by atomic mass is 16.5. The van der Waals surface area contributed by atoms with Gasteiger partial charge in [0.05, 0.1) is 19.8 Å². The number of ether oxygens (including phenoxy) is 2. The van der Waals surface area contributed by atoms with E-state index in [9.17, 15) is 4.79 Å². The van der Waals surface area contributed by atoms with Crippen LogP contribution in [0.4, 0.5) is 0 Å². The molecule has 0 saturated carbocycles. The molecule has 0 rings (SSSR count). The third-order valence-electron chi connectivity index (χ3n) is 2.01. The lowest BCUT2D eigenvalue weighted by Crippen LogP contribution is -2.28. The molecule has 0 aromatic heterocycles. The average Bonchev–Trinajstić information content (AvgIpc) is 2.21. The van der Waals surface area contributed by atoms with E-state index < -0.39 is 0 Å². The molecule has 0 N–H and O–H groups in total. The molecule has 0 spiro atoms. The first-order valence-electron chi connectivity index (χ1n) is 5.41. The highest BCUT2D eigenvalue weighted by Gasteiger charge is 2.00. The Morgan fingerprint density at radius 3 is 2.33 bits per heavy atom. The third kappa shape index (κ3) is 9.69. The molecule has 1 amide bonds. The minimum Gasteiger partial charge on any atom is -0.379 e. The van der Waals surface area contributed by atoms with Gasteiger partial charge in [-0.3, -0.25) is 4.79 Å². The molecule has 0 heterocycles. The number of carbonyl (C=O) groups excluding carboxylic acids is 1. The summed E-state index contributed by atoms with van der Waals surface area (Å²) in [7, 11) is 1.70. The highest BCUT2D eigenvalue weighted by Crippen LogP contribution is 1.88. The summed E-state index contributed by atoms with van der Waals surface area (Å²) in [5, 5.41) is 0. The van der Waals surface area contributed by atoms with Crippen molar-refractivity contribution in [3.8, 4) is 0 Å². The minimum absolute atomic E-state index is 0.183. The highest BCUT2D eigenvalue weighted by molar-refractivity contribution is 5.79. The molecule has 4 nitrogen and oxygen atoms in total. The number of rotatable bonds is 9. The molecule has 0 bridgehead atoms. The SMILES string of the molecule is [CH2]C(=O)N(C)CCOCCOCCCC. The fourth-order valence-corrected chi connectivity index (χ4v) is 0.895. The number of nitrogens with zero attached hydrogens (tertiary/aromatic N) is 1. The molecular weight excluding hydrogens is 194 g/mol. The molecule has 0 aliphatic heterocycles. The quantitative estimate of drug-likeness (QED) is 0.542. The Labute approximate surface area is 92.5 Å². The first kappa shape index (κ1) is 14.4. The van der Waals surface area contributed by atoms with E-state index in [2.05, 4.69) is 13.8 Å². The van der Waals surface area contributed by atoms with Crippen LogP contribution in [0, 0.1) is 6.92 Å². The lowest BCUT2D eigenvalue weighted by Gasteiger charge is -2.14. The third-order valence-corrected chi connectivity index (χ3v) is 2.01. The Morgan fingerprint density at radius 1 is 1.20 bits per heavy atom. The van der Waals surface area contributed by atoms with Crippen molar-refractivity contribution in [3.63, 3.8) is 0 Å². The van der Waals surface area contributed by atoms with Crippen LogP contribution in [0.3, 0.4) is 0 Å². The number of unbranched alkanes of at least 4 members (excludes halogenated alkanes) is 1. The second kappa shape index (κ2) is 9.93. The Balaban J connectivity index is 3.08. The molecule has 89 valence electrons. The number of likely N-dealkylation sites (N-methyl/N-ethyl adjacent to an activating group) is 1. The van der Waals surface area contributed by atoms with Crippen LogP contribution in [0.5, 0.6) is 0 Å². The van der Waals surface area contributed by atoms with E-state index in [1.165, 1.54) is 4.90 Å². The van der Waals surface area contributed by atoms with Crippen LogP contribution in [-0.4, -0.2) is 50.8 Å². The van der Waals surface area contributed by atoms with Gasteiger partial charge in [0, 0.05) is 27.1 Å². The first-order valence-corrected chi connectivity index (χ1v) is 5.41. The topological polar surface area (TPSA) is 38.8 Å². The van der Waals surface area contributed by atoms with Crippen molar-refractivity contribution in [1.29, 1.82) is 0 Å². The van der Waals surface area contributed by atoms with Crippen LogP contribution in [0.25, 0.3) is 0 Å². The van der Waals surface area contributed by atoms with Crippen molar-refractivity contribution in [3.05, 3.63) is 6.92 Å². The van der Waals surface area contributed by atoms with Gasteiger partial charge in [0.15, 0.2) is 0 Å². The van der Waals surface area contributed by atoms with Crippen LogP contribution in [-0.2, 0) is 14.3 Å². The summed E-state index contributed by atoms with van der Waals surface area (Å²) in [4.78, 5) is 12.2. The van der Waals surface area contributed by atoms with E-state index in [0.29, 0.717) is 26.4 Å². The molecule has 0 atom stereocenters. The summed E-state index contributed by atoms with van der Waals surface area (Å²) >= 11 is 0. The summed E-state index contributed by atoms with van der Waals surface area (Å²) < 4.78 is 10.6. The van der Waals surface area contributed by atoms with Gasteiger partial charge in [0.1, 0.15) is 0 Å². The number of amides is 1. The van der Waals surface area contributed by atoms with Crippen LogP contribution >= 0.6 is 0 Å². The van der Waals surface area contributed by atoms with Gasteiger partial charge in [0.2, 0.25) is 5.91 Å². The maximum Gasteiger partial charge on any atom is 0.222 e. The van der Waals surface area contributed by atoms with Gasteiger partial charge in [-0.2, -0.15) is 0 Å². The van der Waals surface area contributed by atoms with Crippen molar-refractivity contribution in [1.82, 2.24) is 4.90 Å². The predicted molar refractivity (Wildman–Crippen MR) is 59.5 cm³/mol. The lowest BCUT2D eigenvalue weighted by atomic mass is 10.4. The molecule has 1 radical (unpaired) electrons. The Hall–Kier alpha value is -0.610. The summed E-state index contributed by atoms with van der Waals surface area (Å²) in [6, 6.07) is 0. The monoisotopic (exact) mass is 216 g/mol. The number of hydrogen-bond acceptors (Lipinski definition) is 3. The second-order valence-electron chi connectivity index (χ2n) is 3.39. The van der Waals surface area contributed by atoms with Gasteiger partial charge in [-0.05, 0) is 6.42 Å². The molecule has 4 heteroatoms. The molecule has 0 aliphatic carbocycles. The summed E-state index contributed by atoms with van der Waals surface area (Å²) in [5.74, 6) is -0.183. The normalized spacial score (nSPS) is 10.3. The van der Waals surface area contributed by atoms with Gasteiger partial charge in [-0.25, -0.2) is 0 Å². The minimum atomic E-state index is -0.183. The van der Waals surface area contributed by atoms with Crippen molar-refractivity contribution in [2.24, 2.45) is 0 Å². The molecule has 0 fully saturated rings. The van der Waals surface area contributed by atoms with Gasteiger partial charge in [-0.15, -0.1) is 0 Å². The molecule has 0 aliphatic rings. The first-order chi connectivity index (χ1) is 7.18. The smallest absolute Gasteiger partial charge is 0.222 e. The molecule has 15 heavy (non-hydrogen) atoms. The number of hydrogen-bond donors (Lipinski definition) is 0. The Morgan fingerprint density at radius 2 is 1.80 bits per heavy atom. The standard InChI is InChI=1S/C11H22NO3/c1-4-5-7-14-9-10-15-8-6-12(3)11(2)13/h2,4-10H2,1,3H3.